The Balaban J connectivity index is 1.69. The minimum absolute atomic E-state index is 0.666. The maximum absolute atomic E-state index is 3.81. The van der Waals surface area contributed by atoms with E-state index >= 15 is 0 Å². The van der Waals surface area contributed by atoms with E-state index in [-0.39, 0.29) is 0 Å². The first-order chi connectivity index (χ1) is 9.20. The van der Waals surface area contributed by atoms with Crippen LogP contribution in [0.3, 0.4) is 0 Å². The largest absolute Gasteiger partial charge is 0.312 e. The van der Waals surface area contributed by atoms with Crippen LogP contribution in [0.15, 0.2) is 0 Å². The van der Waals surface area contributed by atoms with E-state index in [4.69, 9.17) is 0 Å². The number of likely N-dealkylation sites (tertiary alicyclic amines) is 2. The third-order valence-corrected chi connectivity index (χ3v) is 5.20. The molecule has 0 aromatic carbocycles. The third kappa shape index (κ3) is 4.44. The molecule has 19 heavy (non-hydrogen) atoms. The molecule has 2 aliphatic heterocycles. The molecule has 1 N–H and O–H groups in total. The average molecular weight is 267 g/mol. The lowest BCUT2D eigenvalue weighted by Crippen LogP contribution is -2.48. The van der Waals surface area contributed by atoms with E-state index in [0.717, 1.165) is 12.5 Å². The first-order valence-corrected chi connectivity index (χ1v) is 8.40. The lowest BCUT2D eigenvalue weighted by molar-refractivity contribution is 0.151. The molecule has 0 saturated carbocycles. The lowest BCUT2D eigenvalue weighted by Gasteiger charge is -2.36. The highest BCUT2D eigenvalue weighted by molar-refractivity contribution is 4.82. The molecule has 0 bridgehead atoms. The van der Waals surface area contributed by atoms with Crippen LogP contribution in [-0.2, 0) is 0 Å². The number of nitrogens with zero attached hydrogens (tertiary/aromatic N) is 2. The van der Waals surface area contributed by atoms with Crippen molar-refractivity contribution < 1.29 is 0 Å². The molecule has 0 aromatic rings. The Hall–Kier alpha value is -0.120. The van der Waals surface area contributed by atoms with Crippen LogP contribution in [0.1, 0.15) is 46.5 Å². The maximum Gasteiger partial charge on any atom is 0.0192 e. The summed E-state index contributed by atoms with van der Waals surface area (Å²) in [6.45, 7) is 14.7. The number of hydrogen-bond donors (Lipinski definition) is 1. The van der Waals surface area contributed by atoms with E-state index in [1.54, 1.807) is 0 Å². The smallest absolute Gasteiger partial charge is 0.0192 e. The van der Waals surface area contributed by atoms with Crippen molar-refractivity contribution in [3.63, 3.8) is 0 Å². The number of nitrogens with one attached hydrogen (secondary N) is 1. The highest BCUT2D eigenvalue weighted by atomic mass is 15.2. The summed E-state index contributed by atoms with van der Waals surface area (Å²) in [6.07, 6.45) is 5.58. The van der Waals surface area contributed by atoms with Crippen LogP contribution >= 0.6 is 0 Å². The van der Waals surface area contributed by atoms with Crippen LogP contribution in [0.5, 0.6) is 0 Å². The quantitative estimate of drug-likeness (QED) is 0.796. The van der Waals surface area contributed by atoms with Crippen LogP contribution in [-0.4, -0.2) is 61.2 Å². The SMILES string of the molecule is CCN1CCCC(C(C)NCC(C)N2CCCC2)C1. The fraction of sp³-hybridized carbons (Fsp3) is 1.00. The van der Waals surface area contributed by atoms with Crippen molar-refractivity contribution >= 4 is 0 Å². The van der Waals surface area contributed by atoms with Crippen LogP contribution in [0.25, 0.3) is 0 Å². The van der Waals surface area contributed by atoms with Crippen molar-refractivity contribution in [3.8, 4) is 0 Å². The predicted octanol–water partition coefficient (Wildman–Crippen LogP) is 2.18. The Labute approximate surface area is 119 Å². The Bertz CT molecular complexity index is 250. The topological polar surface area (TPSA) is 18.5 Å². The standard InChI is InChI=1S/C16H33N3/c1-4-18-9-7-8-16(13-18)15(3)17-12-14(2)19-10-5-6-11-19/h14-17H,4-13H2,1-3H3. The van der Waals surface area contributed by atoms with Crippen molar-refractivity contribution in [1.82, 2.24) is 15.1 Å². The Morgan fingerprint density at radius 3 is 2.53 bits per heavy atom. The normalized spacial score (nSPS) is 29.5. The highest BCUT2D eigenvalue weighted by Crippen LogP contribution is 2.19. The molecule has 2 saturated heterocycles. The molecule has 2 fully saturated rings. The van der Waals surface area contributed by atoms with Gasteiger partial charge in [0.2, 0.25) is 0 Å². The van der Waals surface area contributed by atoms with E-state index in [1.807, 2.05) is 0 Å². The Kier molecular flexibility index (Phi) is 6.11. The molecular weight excluding hydrogens is 234 g/mol. The van der Waals surface area contributed by atoms with E-state index in [1.165, 1.54) is 58.4 Å². The minimum Gasteiger partial charge on any atom is -0.312 e. The Morgan fingerprint density at radius 1 is 1.11 bits per heavy atom. The fourth-order valence-corrected chi connectivity index (χ4v) is 3.62. The van der Waals surface area contributed by atoms with Gasteiger partial charge in [-0.2, -0.15) is 0 Å². The molecule has 112 valence electrons. The lowest BCUT2D eigenvalue weighted by atomic mass is 9.91. The van der Waals surface area contributed by atoms with Gasteiger partial charge in [-0.3, -0.25) is 4.90 Å². The number of piperidine rings is 1. The molecular formula is C16H33N3. The van der Waals surface area contributed by atoms with Crippen molar-refractivity contribution in [2.75, 3.05) is 39.3 Å². The fourth-order valence-electron chi connectivity index (χ4n) is 3.62. The molecule has 3 heteroatoms. The van der Waals surface area contributed by atoms with Crippen LogP contribution in [0.2, 0.25) is 0 Å². The molecule has 3 atom stereocenters. The van der Waals surface area contributed by atoms with Gasteiger partial charge in [-0.25, -0.2) is 0 Å². The minimum atomic E-state index is 0.666. The van der Waals surface area contributed by atoms with Crippen LogP contribution in [0.4, 0.5) is 0 Å². The molecule has 0 aromatic heterocycles. The van der Waals surface area contributed by atoms with E-state index in [0.29, 0.717) is 12.1 Å². The molecule has 0 spiro atoms. The average Bonchev–Trinajstić information content (AvgIpc) is 2.98. The van der Waals surface area contributed by atoms with Crippen molar-refractivity contribution in [2.24, 2.45) is 5.92 Å². The number of rotatable bonds is 6. The summed E-state index contributed by atoms with van der Waals surface area (Å²) in [5.41, 5.74) is 0. The molecule has 3 unspecified atom stereocenters. The second-order valence-corrected chi connectivity index (χ2v) is 6.58. The van der Waals surface area contributed by atoms with Gasteiger partial charge in [-0.05, 0) is 71.6 Å². The molecule has 2 heterocycles. The maximum atomic E-state index is 3.81. The van der Waals surface area contributed by atoms with Gasteiger partial charge >= 0.3 is 0 Å². The monoisotopic (exact) mass is 267 g/mol. The van der Waals surface area contributed by atoms with Crippen LogP contribution in [0, 0.1) is 5.92 Å². The van der Waals surface area contributed by atoms with Crippen molar-refractivity contribution in [3.05, 3.63) is 0 Å². The summed E-state index contributed by atoms with van der Waals surface area (Å²) in [4.78, 5) is 5.25. The van der Waals surface area contributed by atoms with Gasteiger partial charge in [-0.15, -0.1) is 0 Å². The van der Waals surface area contributed by atoms with Gasteiger partial charge in [-0.1, -0.05) is 6.92 Å². The van der Waals surface area contributed by atoms with Gasteiger partial charge in [0.1, 0.15) is 0 Å². The van der Waals surface area contributed by atoms with Crippen molar-refractivity contribution in [1.29, 1.82) is 0 Å². The zero-order chi connectivity index (χ0) is 13.7. The molecule has 0 amide bonds. The highest BCUT2D eigenvalue weighted by Gasteiger charge is 2.24. The zero-order valence-corrected chi connectivity index (χ0v) is 13.2. The predicted molar refractivity (Wildman–Crippen MR) is 82.6 cm³/mol. The molecule has 0 aliphatic carbocycles. The van der Waals surface area contributed by atoms with Gasteiger partial charge in [0, 0.05) is 25.2 Å². The summed E-state index contributed by atoms with van der Waals surface area (Å²) < 4.78 is 0. The van der Waals surface area contributed by atoms with E-state index in [2.05, 4.69) is 35.9 Å². The first kappa shape index (κ1) is 15.3. The molecule has 0 radical (unpaired) electrons. The molecule has 2 rings (SSSR count). The summed E-state index contributed by atoms with van der Waals surface area (Å²) in [5, 5.41) is 3.81. The van der Waals surface area contributed by atoms with Crippen LogP contribution < -0.4 is 5.32 Å². The second-order valence-electron chi connectivity index (χ2n) is 6.58. The van der Waals surface area contributed by atoms with Crippen molar-refractivity contribution in [2.45, 2.75) is 58.5 Å². The molecule has 3 nitrogen and oxygen atoms in total. The van der Waals surface area contributed by atoms with E-state index in [9.17, 15) is 0 Å². The molecule has 2 aliphatic rings. The number of hydrogen-bond acceptors (Lipinski definition) is 3. The zero-order valence-electron chi connectivity index (χ0n) is 13.2. The van der Waals surface area contributed by atoms with Gasteiger partial charge in [0.25, 0.3) is 0 Å². The van der Waals surface area contributed by atoms with Gasteiger partial charge < -0.3 is 10.2 Å². The van der Waals surface area contributed by atoms with Gasteiger partial charge in [0.05, 0.1) is 0 Å². The second kappa shape index (κ2) is 7.61. The summed E-state index contributed by atoms with van der Waals surface area (Å²) in [5.74, 6) is 0.847. The Morgan fingerprint density at radius 2 is 1.84 bits per heavy atom. The third-order valence-electron chi connectivity index (χ3n) is 5.20. The summed E-state index contributed by atoms with van der Waals surface area (Å²) in [6, 6.07) is 1.37. The van der Waals surface area contributed by atoms with E-state index < -0.39 is 0 Å². The summed E-state index contributed by atoms with van der Waals surface area (Å²) in [7, 11) is 0. The first-order valence-electron chi connectivity index (χ1n) is 8.40. The summed E-state index contributed by atoms with van der Waals surface area (Å²) >= 11 is 0. The van der Waals surface area contributed by atoms with Gasteiger partial charge in [0.15, 0.2) is 0 Å².